The molecule has 5 nitrogen and oxygen atoms in total. The lowest BCUT2D eigenvalue weighted by Gasteiger charge is -2.14. The van der Waals surface area contributed by atoms with Gasteiger partial charge in [-0.1, -0.05) is 6.92 Å². The Bertz CT molecular complexity index is 357. The molecule has 6 heteroatoms. The second-order valence-corrected chi connectivity index (χ2v) is 4.14. The van der Waals surface area contributed by atoms with E-state index in [-0.39, 0.29) is 11.9 Å². The van der Waals surface area contributed by atoms with Crippen LogP contribution >= 0.6 is 11.8 Å². The van der Waals surface area contributed by atoms with Gasteiger partial charge in [0.15, 0.2) is 0 Å². The zero-order chi connectivity index (χ0) is 11.8. The summed E-state index contributed by atoms with van der Waals surface area (Å²) in [5.41, 5.74) is 0. The maximum Gasteiger partial charge on any atom is 0.230 e. The number of amides is 1. The van der Waals surface area contributed by atoms with Gasteiger partial charge >= 0.3 is 0 Å². The lowest BCUT2D eigenvalue weighted by molar-refractivity contribution is -0.119. The van der Waals surface area contributed by atoms with Gasteiger partial charge in [-0.05, 0) is 6.42 Å². The van der Waals surface area contributed by atoms with Crippen LogP contribution in [-0.2, 0) is 4.79 Å². The van der Waals surface area contributed by atoms with E-state index in [1.165, 1.54) is 11.8 Å². The lowest BCUT2D eigenvalue weighted by Crippen LogP contribution is -2.30. The van der Waals surface area contributed by atoms with Crippen LogP contribution in [0.15, 0.2) is 12.4 Å². The van der Waals surface area contributed by atoms with Crippen LogP contribution in [0.3, 0.4) is 0 Å². The minimum Gasteiger partial charge on any atom is -0.347 e. The highest BCUT2D eigenvalue weighted by molar-refractivity contribution is 8.00. The summed E-state index contributed by atoms with van der Waals surface area (Å²) in [6.07, 6.45) is 4.17. The van der Waals surface area contributed by atoms with Crippen LogP contribution < -0.4 is 5.32 Å². The monoisotopic (exact) mass is 238 g/mol. The van der Waals surface area contributed by atoms with Crippen molar-refractivity contribution in [2.75, 3.05) is 11.5 Å². The third-order valence-corrected chi connectivity index (χ3v) is 2.79. The van der Waals surface area contributed by atoms with Crippen molar-refractivity contribution in [2.24, 2.45) is 0 Å². The van der Waals surface area contributed by atoms with Crippen molar-refractivity contribution >= 4 is 17.7 Å². The molecule has 0 fully saturated rings. The minimum absolute atomic E-state index is 0.0662. The molecule has 16 heavy (non-hydrogen) atoms. The van der Waals surface area contributed by atoms with E-state index in [4.69, 9.17) is 5.26 Å². The first-order valence-electron chi connectivity index (χ1n) is 5.01. The van der Waals surface area contributed by atoms with Crippen LogP contribution in [0.2, 0.25) is 0 Å². The molecular formula is C10H14N4OS. The highest BCUT2D eigenvalue weighted by atomic mass is 32.2. The molecule has 0 aromatic carbocycles. The van der Waals surface area contributed by atoms with E-state index in [9.17, 15) is 4.79 Å². The summed E-state index contributed by atoms with van der Waals surface area (Å²) >= 11 is 1.31. The molecular weight excluding hydrogens is 224 g/mol. The number of nitriles is 1. The lowest BCUT2D eigenvalue weighted by atomic mass is 10.2. The third-order valence-electron chi connectivity index (χ3n) is 1.99. The maximum absolute atomic E-state index is 11.5. The molecule has 0 spiro atoms. The Labute approximate surface area is 98.6 Å². The zero-order valence-corrected chi connectivity index (χ0v) is 9.88. The molecule has 0 aliphatic rings. The van der Waals surface area contributed by atoms with Crippen LogP contribution in [0.4, 0.5) is 0 Å². The molecule has 1 aromatic rings. The van der Waals surface area contributed by atoms with Gasteiger partial charge in [0.2, 0.25) is 5.91 Å². The minimum atomic E-state index is -0.0785. The Morgan fingerprint density at radius 3 is 3.19 bits per heavy atom. The highest BCUT2D eigenvalue weighted by Crippen LogP contribution is 2.11. The van der Waals surface area contributed by atoms with E-state index >= 15 is 0 Å². The predicted octanol–water partition coefficient (Wildman–Crippen LogP) is 1.23. The Morgan fingerprint density at radius 1 is 1.81 bits per heavy atom. The number of imidazole rings is 1. The molecule has 1 heterocycles. The fourth-order valence-corrected chi connectivity index (χ4v) is 1.72. The fourth-order valence-electron chi connectivity index (χ4n) is 1.26. The first-order valence-corrected chi connectivity index (χ1v) is 6.16. The first-order chi connectivity index (χ1) is 7.77. The number of aromatic nitrogens is 2. The number of carbonyl (C=O) groups is 1. The largest absolute Gasteiger partial charge is 0.347 e. The van der Waals surface area contributed by atoms with E-state index in [1.807, 2.05) is 13.0 Å². The van der Waals surface area contributed by atoms with Crippen LogP contribution in [0, 0.1) is 11.3 Å². The highest BCUT2D eigenvalue weighted by Gasteiger charge is 2.14. The number of carbonyl (C=O) groups excluding carboxylic acids is 1. The maximum atomic E-state index is 11.5. The molecule has 2 N–H and O–H groups in total. The van der Waals surface area contributed by atoms with Crippen molar-refractivity contribution < 1.29 is 4.79 Å². The van der Waals surface area contributed by atoms with Gasteiger partial charge in [-0.25, -0.2) is 4.98 Å². The number of nitrogens with one attached hydrogen (secondary N) is 2. The van der Waals surface area contributed by atoms with Gasteiger partial charge < -0.3 is 10.3 Å². The van der Waals surface area contributed by atoms with Crippen molar-refractivity contribution in [3.8, 4) is 6.07 Å². The van der Waals surface area contributed by atoms with E-state index < -0.39 is 0 Å². The van der Waals surface area contributed by atoms with Gasteiger partial charge in [0.1, 0.15) is 5.82 Å². The topological polar surface area (TPSA) is 81.6 Å². The Balaban J connectivity index is 2.39. The van der Waals surface area contributed by atoms with Crippen molar-refractivity contribution in [1.82, 2.24) is 15.3 Å². The number of hydrogen-bond donors (Lipinski definition) is 2. The number of nitrogens with zero attached hydrogens (tertiary/aromatic N) is 2. The average molecular weight is 238 g/mol. The quantitative estimate of drug-likeness (QED) is 0.730. The number of hydrogen-bond acceptors (Lipinski definition) is 4. The van der Waals surface area contributed by atoms with E-state index in [0.717, 1.165) is 12.2 Å². The van der Waals surface area contributed by atoms with Crippen LogP contribution in [0.25, 0.3) is 0 Å². The van der Waals surface area contributed by atoms with Crippen molar-refractivity contribution in [2.45, 2.75) is 19.4 Å². The molecule has 0 bridgehead atoms. The molecule has 1 atom stereocenters. The number of thioether (sulfide) groups is 1. The normalized spacial score (nSPS) is 11.8. The van der Waals surface area contributed by atoms with Crippen LogP contribution in [0.1, 0.15) is 25.2 Å². The molecule has 1 aromatic heterocycles. The Hall–Kier alpha value is -1.48. The van der Waals surface area contributed by atoms with Gasteiger partial charge in [-0.15, -0.1) is 11.8 Å². The van der Waals surface area contributed by atoms with Crippen molar-refractivity contribution in [3.63, 3.8) is 0 Å². The van der Waals surface area contributed by atoms with Crippen molar-refractivity contribution in [1.29, 1.82) is 5.26 Å². The van der Waals surface area contributed by atoms with Crippen molar-refractivity contribution in [3.05, 3.63) is 18.2 Å². The van der Waals surface area contributed by atoms with Gasteiger partial charge in [0, 0.05) is 12.4 Å². The standard InChI is InChI=1S/C10H14N4OS/c1-2-8(10-12-4-5-13-10)14-9(15)7-16-6-3-11/h4-5,8H,2,6-7H2,1H3,(H,12,13)(H,14,15). The third kappa shape index (κ3) is 3.95. The zero-order valence-electron chi connectivity index (χ0n) is 9.06. The van der Waals surface area contributed by atoms with Crippen LogP contribution in [-0.4, -0.2) is 27.4 Å². The summed E-state index contributed by atoms with van der Waals surface area (Å²) < 4.78 is 0. The van der Waals surface area contributed by atoms with E-state index in [1.54, 1.807) is 12.4 Å². The second kappa shape index (κ2) is 6.90. The van der Waals surface area contributed by atoms with E-state index in [0.29, 0.717) is 11.5 Å². The van der Waals surface area contributed by atoms with E-state index in [2.05, 4.69) is 15.3 Å². The van der Waals surface area contributed by atoms with Gasteiger partial charge in [0.25, 0.3) is 0 Å². The number of H-pyrrole nitrogens is 1. The smallest absolute Gasteiger partial charge is 0.230 e. The summed E-state index contributed by atoms with van der Waals surface area (Å²) in [4.78, 5) is 18.6. The summed E-state index contributed by atoms with van der Waals surface area (Å²) in [6.45, 7) is 1.98. The molecule has 1 rings (SSSR count). The first kappa shape index (κ1) is 12.6. The number of rotatable bonds is 6. The summed E-state index contributed by atoms with van der Waals surface area (Å²) in [5.74, 6) is 1.35. The molecule has 0 aliphatic heterocycles. The fraction of sp³-hybridized carbons (Fsp3) is 0.500. The second-order valence-electron chi connectivity index (χ2n) is 3.15. The van der Waals surface area contributed by atoms with Crippen LogP contribution in [0.5, 0.6) is 0 Å². The molecule has 0 saturated carbocycles. The number of aromatic amines is 1. The summed E-state index contributed by atoms with van der Waals surface area (Å²) in [5, 5.41) is 11.2. The molecule has 1 unspecified atom stereocenters. The molecule has 1 amide bonds. The van der Waals surface area contributed by atoms with Gasteiger partial charge in [0.05, 0.1) is 23.6 Å². The molecule has 0 aliphatic carbocycles. The predicted molar refractivity (Wildman–Crippen MR) is 62.7 cm³/mol. The molecule has 0 radical (unpaired) electrons. The average Bonchev–Trinajstić information content (AvgIpc) is 2.79. The Morgan fingerprint density at radius 2 is 2.62 bits per heavy atom. The molecule has 0 saturated heterocycles. The van der Waals surface area contributed by atoms with Gasteiger partial charge in [-0.3, -0.25) is 4.79 Å². The summed E-state index contributed by atoms with van der Waals surface area (Å²) in [7, 11) is 0. The summed E-state index contributed by atoms with van der Waals surface area (Å²) in [6, 6.07) is 1.90. The molecule has 86 valence electrons. The Kier molecular flexibility index (Phi) is 5.43. The SMILES string of the molecule is CCC(NC(=O)CSCC#N)c1ncc[nH]1. The van der Waals surface area contributed by atoms with Gasteiger partial charge in [-0.2, -0.15) is 5.26 Å².